The third kappa shape index (κ3) is 2.96. The zero-order valence-corrected chi connectivity index (χ0v) is 15.6. The van der Waals surface area contributed by atoms with Crippen molar-refractivity contribution in [2.75, 3.05) is 0 Å². The van der Waals surface area contributed by atoms with Crippen LogP contribution in [-0.2, 0) is 0 Å². The fourth-order valence-electron chi connectivity index (χ4n) is 3.32. The molecule has 8 heteroatoms. The first-order valence-electron chi connectivity index (χ1n) is 9.13. The molecule has 6 aromatic rings. The third-order valence-electron chi connectivity index (χ3n) is 4.67. The molecule has 4 heterocycles. The Balaban J connectivity index is 0.000000128. The van der Waals surface area contributed by atoms with Crippen molar-refractivity contribution in [1.82, 2.24) is 28.7 Å². The summed E-state index contributed by atoms with van der Waals surface area (Å²) in [4.78, 5) is 38.0. The number of hydrogen-bond acceptors (Lipinski definition) is 6. The topological polar surface area (TPSA) is 94.5 Å². The molecule has 0 aliphatic carbocycles. The average molecular weight is 394 g/mol. The lowest BCUT2D eigenvalue weighted by atomic mass is 10.3. The number of nitrogens with zero attached hydrogens (tertiary/aromatic N) is 6. The fourth-order valence-corrected chi connectivity index (χ4v) is 3.32. The normalized spacial score (nSPS) is 10.9. The lowest BCUT2D eigenvalue weighted by Gasteiger charge is -1.98. The minimum absolute atomic E-state index is 0.424. The Bertz CT molecular complexity index is 1430. The van der Waals surface area contributed by atoms with E-state index in [0.717, 1.165) is 34.6 Å². The van der Waals surface area contributed by atoms with E-state index in [2.05, 4.69) is 19.9 Å². The molecule has 0 aliphatic rings. The summed E-state index contributed by atoms with van der Waals surface area (Å²) < 4.78 is 3.73. The smallest absolute Gasteiger partial charge is 0.170 e. The molecule has 0 aliphatic heterocycles. The van der Waals surface area contributed by atoms with Crippen molar-refractivity contribution in [3.8, 4) is 0 Å². The number of aldehydes is 2. The molecule has 0 unspecified atom stereocenters. The first-order chi connectivity index (χ1) is 14.8. The molecule has 0 fully saturated rings. The van der Waals surface area contributed by atoms with Crippen molar-refractivity contribution in [2.24, 2.45) is 0 Å². The van der Waals surface area contributed by atoms with Crippen LogP contribution < -0.4 is 0 Å². The number of carbonyl (C=O) groups is 2. The Hall–Kier alpha value is -4.46. The van der Waals surface area contributed by atoms with Gasteiger partial charge in [-0.15, -0.1) is 0 Å². The maximum absolute atomic E-state index is 10.6. The van der Waals surface area contributed by atoms with Crippen molar-refractivity contribution in [1.29, 1.82) is 0 Å². The third-order valence-corrected chi connectivity index (χ3v) is 4.67. The van der Waals surface area contributed by atoms with E-state index in [0.29, 0.717) is 22.7 Å². The van der Waals surface area contributed by atoms with Gasteiger partial charge >= 0.3 is 0 Å². The average Bonchev–Trinajstić information content (AvgIpc) is 3.43. The van der Waals surface area contributed by atoms with Gasteiger partial charge in [0.2, 0.25) is 0 Å². The number of benzene rings is 2. The van der Waals surface area contributed by atoms with Gasteiger partial charge in [-0.3, -0.25) is 28.4 Å². The standard InChI is InChI=1S/2C11H7N3O/c2*15-7-8-6-14-10-4-2-1-3-9(10)12-5-11(14)13-8/h2*1-7H. The lowest BCUT2D eigenvalue weighted by Crippen LogP contribution is -1.88. The Kier molecular flexibility index (Phi) is 4.21. The molecule has 144 valence electrons. The monoisotopic (exact) mass is 394 g/mol. The summed E-state index contributed by atoms with van der Waals surface area (Å²) in [6.45, 7) is 0. The second-order valence-corrected chi connectivity index (χ2v) is 6.52. The van der Waals surface area contributed by atoms with Crippen molar-refractivity contribution >= 4 is 45.9 Å². The number of carbonyl (C=O) groups excluding carboxylic acids is 2. The molecule has 0 spiro atoms. The van der Waals surface area contributed by atoms with Crippen molar-refractivity contribution in [3.05, 3.63) is 84.7 Å². The molecular weight excluding hydrogens is 380 g/mol. The van der Waals surface area contributed by atoms with Gasteiger partial charge in [0.15, 0.2) is 23.9 Å². The van der Waals surface area contributed by atoms with Crippen LogP contribution in [0.3, 0.4) is 0 Å². The zero-order valence-electron chi connectivity index (χ0n) is 15.6. The van der Waals surface area contributed by atoms with Gasteiger partial charge in [0, 0.05) is 12.4 Å². The van der Waals surface area contributed by atoms with Gasteiger partial charge in [-0.1, -0.05) is 24.3 Å². The highest BCUT2D eigenvalue weighted by Gasteiger charge is 2.05. The van der Waals surface area contributed by atoms with Gasteiger partial charge in [0.1, 0.15) is 11.4 Å². The van der Waals surface area contributed by atoms with Gasteiger partial charge in [-0.05, 0) is 24.3 Å². The molecule has 6 rings (SSSR count). The molecule has 8 nitrogen and oxygen atoms in total. The van der Waals surface area contributed by atoms with Crippen LogP contribution in [0.25, 0.3) is 33.4 Å². The van der Waals surface area contributed by atoms with E-state index in [4.69, 9.17) is 0 Å². The maximum Gasteiger partial charge on any atom is 0.170 e. The molecule has 30 heavy (non-hydrogen) atoms. The first kappa shape index (κ1) is 17.6. The van der Waals surface area contributed by atoms with E-state index < -0.39 is 0 Å². The van der Waals surface area contributed by atoms with Crippen molar-refractivity contribution < 1.29 is 9.59 Å². The maximum atomic E-state index is 10.6. The quantitative estimate of drug-likeness (QED) is 0.418. The molecule has 4 aromatic heterocycles. The van der Waals surface area contributed by atoms with Gasteiger partial charge in [0.05, 0.1) is 34.5 Å². The molecule has 0 saturated heterocycles. The minimum atomic E-state index is 0.424. The number of aromatic nitrogens is 6. The van der Waals surface area contributed by atoms with Gasteiger partial charge < -0.3 is 0 Å². The molecule has 0 N–H and O–H groups in total. The summed E-state index contributed by atoms with van der Waals surface area (Å²) in [6, 6.07) is 15.5. The number of hydrogen-bond donors (Lipinski definition) is 0. The van der Waals surface area contributed by atoms with Gasteiger partial charge in [-0.25, -0.2) is 9.97 Å². The van der Waals surface area contributed by atoms with E-state index in [-0.39, 0.29) is 0 Å². The van der Waals surface area contributed by atoms with Crippen LogP contribution in [0.5, 0.6) is 0 Å². The Morgan fingerprint density at radius 2 is 1.07 bits per heavy atom. The van der Waals surface area contributed by atoms with Crippen LogP contribution in [0.15, 0.2) is 73.3 Å². The Morgan fingerprint density at radius 1 is 0.633 bits per heavy atom. The van der Waals surface area contributed by atoms with E-state index in [1.165, 1.54) is 0 Å². The Labute approximate surface area is 169 Å². The van der Waals surface area contributed by atoms with E-state index >= 15 is 0 Å². The molecular formula is C22H14N6O2. The predicted octanol–water partition coefficient (Wildman–Crippen LogP) is 3.39. The van der Waals surface area contributed by atoms with Crippen LogP contribution in [0.1, 0.15) is 21.0 Å². The lowest BCUT2D eigenvalue weighted by molar-refractivity contribution is 0.111. The second-order valence-electron chi connectivity index (χ2n) is 6.52. The van der Waals surface area contributed by atoms with Crippen LogP contribution in [-0.4, -0.2) is 41.3 Å². The number of fused-ring (bicyclic) bond motifs is 6. The largest absolute Gasteiger partial charge is 0.296 e. The highest BCUT2D eigenvalue weighted by molar-refractivity contribution is 5.81. The SMILES string of the molecule is O=Cc1cn2c(cnc3ccccc32)n1.O=Cc1cn2c(cnc3ccccc32)n1. The van der Waals surface area contributed by atoms with Gasteiger partial charge in [-0.2, -0.15) is 0 Å². The zero-order chi connectivity index (χ0) is 20.5. The van der Waals surface area contributed by atoms with Crippen LogP contribution >= 0.6 is 0 Å². The molecule has 0 saturated carbocycles. The summed E-state index contributed by atoms with van der Waals surface area (Å²) >= 11 is 0. The van der Waals surface area contributed by atoms with Crippen LogP contribution in [0, 0.1) is 0 Å². The predicted molar refractivity (Wildman–Crippen MR) is 112 cm³/mol. The van der Waals surface area contributed by atoms with E-state index in [1.807, 2.05) is 57.3 Å². The molecule has 0 bridgehead atoms. The number of rotatable bonds is 2. The second kappa shape index (κ2) is 7.17. The molecule has 2 aromatic carbocycles. The number of para-hydroxylation sites is 4. The molecule has 0 radical (unpaired) electrons. The minimum Gasteiger partial charge on any atom is -0.296 e. The van der Waals surface area contributed by atoms with Crippen molar-refractivity contribution in [3.63, 3.8) is 0 Å². The van der Waals surface area contributed by atoms with Crippen molar-refractivity contribution in [2.45, 2.75) is 0 Å². The summed E-state index contributed by atoms with van der Waals surface area (Å²) in [7, 11) is 0. The number of imidazole rings is 2. The summed E-state index contributed by atoms with van der Waals surface area (Å²) in [5.74, 6) is 0. The summed E-state index contributed by atoms with van der Waals surface area (Å²) in [5.41, 5.74) is 5.92. The van der Waals surface area contributed by atoms with Crippen LogP contribution in [0.4, 0.5) is 0 Å². The summed E-state index contributed by atoms with van der Waals surface area (Å²) in [5, 5.41) is 0. The highest BCUT2D eigenvalue weighted by Crippen LogP contribution is 2.15. The summed E-state index contributed by atoms with van der Waals surface area (Å²) in [6.07, 6.45) is 8.23. The van der Waals surface area contributed by atoms with E-state index in [1.54, 1.807) is 24.8 Å². The van der Waals surface area contributed by atoms with Gasteiger partial charge in [0.25, 0.3) is 0 Å². The Morgan fingerprint density at radius 3 is 1.50 bits per heavy atom. The highest BCUT2D eigenvalue weighted by atomic mass is 16.1. The molecule has 0 amide bonds. The van der Waals surface area contributed by atoms with E-state index in [9.17, 15) is 9.59 Å². The fraction of sp³-hybridized carbons (Fsp3) is 0. The molecule has 0 atom stereocenters. The van der Waals surface area contributed by atoms with Crippen LogP contribution in [0.2, 0.25) is 0 Å². The first-order valence-corrected chi connectivity index (χ1v) is 9.13.